The molecule has 0 heterocycles. The van der Waals surface area contributed by atoms with Gasteiger partial charge < -0.3 is 15.2 Å². The smallest absolute Gasteiger partial charge is 0.326 e. The maximum absolute atomic E-state index is 11.7. The number of carbonyl (C=O) groups excluding carboxylic acids is 1. The number of carboxylic acid groups (broad SMARTS) is 1. The second kappa shape index (κ2) is 7.96. The van der Waals surface area contributed by atoms with Crippen molar-refractivity contribution in [1.82, 2.24) is 5.32 Å². The minimum absolute atomic E-state index is 0.0838. The monoisotopic (exact) mass is 310 g/mol. The fourth-order valence-electron chi connectivity index (χ4n) is 1.71. The van der Waals surface area contributed by atoms with Crippen molar-refractivity contribution in [3.8, 4) is 5.75 Å². The van der Waals surface area contributed by atoms with Crippen LogP contribution >= 0.6 is 0 Å². The van der Waals surface area contributed by atoms with Gasteiger partial charge in [-0.2, -0.15) is 0 Å². The van der Waals surface area contributed by atoms with Crippen LogP contribution in [0, 0.1) is 16.0 Å². The molecule has 0 aliphatic carbocycles. The van der Waals surface area contributed by atoms with Crippen LogP contribution in [0.15, 0.2) is 24.3 Å². The van der Waals surface area contributed by atoms with Gasteiger partial charge in [-0.25, -0.2) is 4.79 Å². The fourth-order valence-corrected chi connectivity index (χ4v) is 1.71. The Kier molecular flexibility index (Phi) is 6.30. The Hall–Kier alpha value is -2.64. The van der Waals surface area contributed by atoms with Crippen LogP contribution in [-0.4, -0.2) is 34.6 Å². The summed E-state index contributed by atoms with van der Waals surface area (Å²) in [6.45, 7) is 3.20. The molecule has 0 bridgehead atoms. The van der Waals surface area contributed by atoms with E-state index in [4.69, 9.17) is 9.84 Å². The van der Waals surface area contributed by atoms with Crippen LogP contribution in [0.25, 0.3) is 0 Å². The highest BCUT2D eigenvalue weighted by Gasteiger charge is 2.25. The molecule has 0 aliphatic heterocycles. The molecule has 1 amide bonds. The molecule has 0 unspecified atom stereocenters. The second-order valence-electron chi connectivity index (χ2n) is 4.81. The normalized spacial score (nSPS) is 13.0. The molecule has 0 saturated heterocycles. The standard InChI is InChI=1S/C14H18N2O6/c1-3-9(2)13(14(18)19)15-12(17)8-22-11-6-4-10(5-7-11)16(20)21/h4-7,9,13H,3,8H2,1-2H3,(H,15,17)(H,18,19)/t9-,13-/m0/s1. The molecule has 0 aliphatic rings. The predicted molar refractivity (Wildman–Crippen MR) is 77.6 cm³/mol. The average Bonchev–Trinajstić information content (AvgIpc) is 2.49. The number of aliphatic carboxylic acids is 1. The number of nitrogens with one attached hydrogen (secondary N) is 1. The lowest BCUT2D eigenvalue weighted by Gasteiger charge is -2.20. The molecule has 8 nitrogen and oxygen atoms in total. The molecule has 0 saturated carbocycles. The first-order chi connectivity index (χ1) is 10.3. The summed E-state index contributed by atoms with van der Waals surface area (Å²) in [5.74, 6) is -1.58. The Balaban J connectivity index is 2.54. The lowest BCUT2D eigenvalue weighted by atomic mass is 9.99. The summed E-state index contributed by atoms with van der Waals surface area (Å²) in [6.07, 6.45) is 0.612. The van der Waals surface area contributed by atoms with E-state index in [9.17, 15) is 19.7 Å². The van der Waals surface area contributed by atoms with Crippen LogP contribution in [0.1, 0.15) is 20.3 Å². The molecule has 2 atom stereocenters. The van der Waals surface area contributed by atoms with Gasteiger partial charge in [0.2, 0.25) is 0 Å². The summed E-state index contributed by atoms with van der Waals surface area (Å²) in [5.41, 5.74) is -0.0838. The summed E-state index contributed by atoms with van der Waals surface area (Å²) in [4.78, 5) is 32.8. The average molecular weight is 310 g/mol. The number of nitrogens with zero attached hydrogens (tertiary/aromatic N) is 1. The van der Waals surface area contributed by atoms with Crippen molar-refractivity contribution in [2.24, 2.45) is 5.92 Å². The van der Waals surface area contributed by atoms with Crippen LogP contribution in [0.5, 0.6) is 5.75 Å². The van der Waals surface area contributed by atoms with Crippen molar-refractivity contribution in [1.29, 1.82) is 0 Å². The van der Waals surface area contributed by atoms with Crippen molar-refractivity contribution < 1.29 is 24.4 Å². The molecule has 0 aromatic heterocycles. The molecule has 0 fully saturated rings. The van der Waals surface area contributed by atoms with Crippen LogP contribution in [0.2, 0.25) is 0 Å². The van der Waals surface area contributed by atoms with Crippen molar-refractivity contribution in [3.63, 3.8) is 0 Å². The number of nitro benzene ring substituents is 1. The highest BCUT2D eigenvalue weighted by molar-refractivity contribution is 5.84. The number of nitro groups is 1. The molecule has 8 heteroatoms. The number of hydrogen-bond acceptors (Lipinski definition) is 5. The maximum Gasteiger partial charge on any atom is 0.326 e. The van der Waals surface area contributed by atoms with E-state index in [1.54, 1.807) is 6.92 Å². The first-order valence-corrected chi connectivity index (χ1v) is 6.74. The SMILES string of the molecule is CC[C@H](C)[C@H](NC(=O)COc1ccc([N+](=O)[O-])cc1)C(=O)O. The summed E-state index contributed by atoms with van der Waals surface area (Å²) in [7, 11) is 0. The van der Waals surface area contributed by atoms with E-state index < -0.39 is 22.8 Å². The van der Waals surface area contributed by atoms with Crippen LogP contribution in [-0.2, 0) is 9.59 Å². The van der Waals surface area contributed by atoms with E-state index in [0.717, 1.165) is 0 Å². The zero-order chi connectivity index (χ0) is 16.7. The van der Waals surface area contributed by atoms with E-state index >= 15 is 0 Å². The quantitative estimate of drug-likeness (QED) is 0.556. The van der Waals surface area contributed by atoms with Gasteiger partial charge in [-0.15, -0.1) is 0 Å². The van der Waals surface area contributed by atoms with E-state index in [-0.39, 0.29) is 24.0 Å². The van der Waals surface area contributed by atoms with Crippen LogP contribution in [0.4, 0.5) is 5.69 Å². The second-order valence-corrected chi connectivity index (χ2v) is 4.81. The summed E-state index contributed by atoms with van der Waals surface area (Å²) >= 11 is 0. The van der Waals surface area contributed by atoms with Gasteiger partial charge in [-0.1, -0.05) is 20.3 Å². The van der Waals surface area contributed by atoms with Gasteiger partial charge in [-0.3, -0.25) is 14.9 Å². The number of non-ortho nitro benzene ring substituents is 1. The third-order valence-corrected chi connectivity index (χ3v) is 3.21. The van der Waals surface area contributed by atoms with Crippen molar-refractivity contribution in [2.75, 3.05) is 6.61 Å². The molecule has 0 spiro atoms. The third-order valence-electron chi connectivity index (χ3n) is 3.21. The van der Waals surface area contributed by atoms with E-state index in [1.807, 2.05) is 6.92 Å². The van der Waals surface area contributed by atoms with Gasteiger partial charge in [0.25, 0.3) is 11.6 Å². The van der Waals surface area contributed by atoms with Crippen molar-refractivity contribution in [3.05, 3.63) is 34.4 Å². The molecule has 0 radical (unpaired) electrons. The molecular formula is C14H18N2O6. The number of rotatable bonds is 8. The molecule has 2 N–H and O–H groups in total. The molecule has 1 aromatic rings. The first-order valence-electron chi connectivity index (χ1n) is 6.74. The van der Waals surface area contributed by atoms with Crippen LogP contribution in [0.3, 0.4) is 0 Å². The van der Waals surface area contributed by atoms with Gasteiger partial charge in [-0.05, 0) is 18.1 Å². The number of benzene rings is 1. The topological polar surface area (TPSA) is 119 Å². The number of amides is 1. The molecule has 1 aromatic carbocycles. The highest BCUT2D eigenvalue weighted by Crippen LogP contribution is 2.17. The Labute approximate surface area is 127 Å². The molecular weight excluding hydrogens is 292 g/mol. The Morgan fingerprint density at radius 2 is 1.95 bits per heavy atom. The fraction of sp³-hybridized carbons (Fsp3) is 0.429. The number of hydrogen-bond donors (Lipinski definition) is 2. The molecule has 1 rings (SSSR count). The third kappa shape index (κ3) is 5.04. The number of ether oxygens (including phenoxy) is 1. The van der Waals surface area contributed by atoms with Crippen molar-refractivity contribution in [2.45, 2.75) is 26.3 Å². The largest absolute Gasteiger partial charge is 0.484 e. The Morgan fingerprint density at radius 1 is 1.36 bits per heavy atom. The lowest BCUT2D eigenvalue weighted by Crippen LogP contribution is -2.46. The molecule has 120 valence electrons. The van der Waals surface area contributed by atoms with E-state index in [0.29, 0.717) is 6.42 Å². The summed E-state index contributed by atoms with van der Waals surface area (Å²) in [5, 5.41) is 22.0. The summed E-state index contributed by atoms with van der Waals surface area (Å²) < 4.78 is 5.17. The predicted octanol–water partition coefficient (Wildman–Crippen LogP) is 1.59. The number of carboxylic acids is 1. The van der Waals surface area contributed by atoms with E-state index in [1.165, 1.54) is 24.3 Å². The van der Waals surface area contributed by atoms with Gasteiger partial charge in [0, 0.05) is 12.1 Å². The minimum Gasteiger partial charge on any atom is -0.484 e. The summed E-state index contributed by atoms with van der Waals surface area (Å²) in [6, 6.07) is 4.28. The maximum atomic E-state index is 11.7. The highest BCUT2D eigenvalue weighted by atomic mass is 16.6. The Morgan fingerprint density at radius 3 is 2.41 bits per heavy atom. The number of carbonyl (C=O) groups is 2. The first kappa shape index (κ1) is 17.4. The van der Waals surface area contributed by atoms with Crippen molar-refractivity contribution >= 4 is 17.6 Å². The van der Waals surface area contributed by atoms with Gasteiger partial charge in [0.15, 0.2) is 6.61 Å². The van der Waals surface area contributed by atoms with Crippen LogP contribution < -0.4 is 10.1 Å². The Bertz CT molecular complexity index is 543. The van der Waals surface area contributed by atoms with Gasteiger partial charge >= 0.3 is 5.97 Å². The zero-order valence-corrected chi connectivity index (χ0v) is 12.3. The minimum atomic E-state index is -1.10. The van der Waals surface area contributed by atoms with E-state index in [2.05, 4.69) is 5.32 Å². The molecule has 22 heavy (non-hydrogen) atoms. The lowest BCUT2D eigenvalue weighted by molar-refractivity contribution is -0.384. The van der Waals surface area contributed by atoms with Gasteiger partial charge in [0.05, 0.1) is 4.92 Å². The zero-order valence-electron chi connectivity index (χ0n) is 12.3. The van der Waals surface area contributed by atoms with Gasteiger partial charge in [0.1, 0.15) is 11.8 Å².